The lowest BCUT2D eigenvalue weighted by molar-refractivity contribution is 0.195. The van der Waals surface area contributed by atoms with Crippen LogP contribution < -0.4 is 0 Å². The van der Waals surface area contributed by atoms with E-state index in [1.807, 2.05) is 6.20 Å². The number of aromatic nitrogens is 3. The number of imidazole rings is 1. The van der Waals surface area contributed by atoms with Crippen LogP contribution in [0.1, 0.15) is 54.5 Å². The summed E-state index contributed by atoms with van der Waals surface area (Å²) in [6.45, 7) is 6.61. The average molecular weight is 331 g/mol. The van der Waals surface area contributed by atoms with E-state index in [4.69, 9.17) is 4.98 Å². The minimum Gasteiger partial charge on any atom is -0.334 e. The van der Waals surface area contributed by atoms with E-state index in [1.165, 1.54) is 55.2 Å². The van der Waals surface area contributed by atoms with Crippen LogP contribution in [0.5, 0.6) is 0 Å². The second kappa shape index (κ2) is 6.73. The third-order valence-corrected chi connectivity index (χ3v) is 6.25. The number of hydrogen-bond acceptors (Lipinski definition) is 4. The van der Waals surface area contributed by atoms with Crippen molar-refractivity contribution in [1.29, 1.82) is 0 Å². The van der Waals surface area contributed by atoms with Crippen molar-refractivity contribution in [3.8, 4) is 0 Å². The lowest BCUT2D eigenvalue weighted by atomic mass is 9.85. The standard InChI is InChI=1S/C18H26N4S/c1-14-20-17(13-23-14)12-21-8-5-16(6-9-21)18-19-7-10-22(18)11-15-3-2-4-15/h7,10,13,15-16H,2-6,8-9,11-12H2,1H3. The van der Waals surface area contributed by atoms with Gasteiger partial charge in [0.2, 0.25) is 0 Å². The number of hydrogen-bond donors (Lipinski definition) is 0. The quantitative estimate of drug-likeness (QED) is 0.835. The Kier molecular flexibility index (Phi) is 4.49. The van der Waals surface area contributed by atoms with Crippen LogP contribution in [0, 0.1) is 12.8 Å². The lowest BCUT2D eigenvalue weighted by Crippen LogP contribution is -2.33. The Morgan fingerprint density at radius 3 is 2.70 bits per heavy atom. The summed E-state index contributed by atoms with van der Waals surface area (Å²) < 4.78 is 2.44. The molecule has 1 saturated carbocycles. The zero-order valence-electron chi connectivity index (χ0n) is 13.9. The maximum Gasteiger partial charge on any atom is 0.111 e. The van der Waals surface area contributed by atoms with Crippen LogP contribution in [-0.2, 0) is 13.1 Å². The average Bonchev–Trinajstić information content (AvgIpc) is 3.13. The first kappa shape index (κ1) is 15.3. The van der Waals surface area contributed by atoms with Crippen LogP contribution >= 0.6 is 11.3 Å². The molecule has 0 unspecified atom stereocenters. The minimum absolute atomic E-state index is 0.637. The number of rotatable bonds is 5. The minimum atomic E-state index is 0.637. The van der Waals surface area contributed by atoms with Gasteiger partial charge >= 0.3 is 0 Å². The molecular formula is C18H26N4S. The van der Waals surface area contributed by atoms with Crippen molar-refractivity contribution in [2.24, 2.45) is 5.92 Å². The first-order chi connectivity index (χ1) is 11.3. The fourth-order valence-electron chi connectivity index (χ4n) is 3.85. The molecule has 1 aliphatic carbocycles. The fraction of sp³-hybridized carbons (Fsp3) is 0.667. The van der Waals surface area contributed by atoms with Crippen molar-refractivity contribution < 1.29 is 0 Å². The zero-order chi connectivity index (χ0) is 15.6. The van der Waals surface area contributed by atoms with Gasteiger partial charge in [-0.3, -0.25) is 4.90 Å². The summed E-state index contributed by atoms with van der Waals surface area (Å²) in [4.78, 5) is 11.8. The number of nitrogens with zero attached hydrogens (tertiary/aromatic N) is 4. The van der Waals surface area contributed by atoms with E-state index in [0.717, 1.165) is 25.6 Å². The summed E-state index contributed by atoms with van der Waals surface area (Å²) in [5.74, 6) is 2.87. The molecule has 5 heteroatoms. The Hall–Kier alpha value is -1.20. The normalized spacial score (nSPS) is 20.7. The molecule has 0 aromatic carbocycles. The highest BCUT2D eigenvalue weighted by atomic mass is 32.1. The summed E-state index contributed by atoms with van der Waals surface area (Å²) >= 11 is 1.76. The van der Waals surface area contributed by atoms with Gasteiger partial charge in [0.1, 0.15) is 5.82 Å². The summed E-state index contributed by atoms with van der Waals surface area (Å²) in [6, 6.07) is 0. The second-order valence-electron chi connectivity index (χ2n) is 7.14. The van der Waals surface area contributed by atoms with E-state index < -0.39 is 0 Å². The van der Waals surface area contributed by atoms with Gasteiger partial charge in [-0.05, 0) is 51.6 Å². The lowest BCUT2D eigenvalue weighted by Gasteiger charge is -2.32. The van der Waals surface area contributed by atoms with E-state index >= 15 is 0 Å². The van der Waals surface area contributed by atoms with Crippen molar-refractivity contribution in [2.75, 3.05) is 13.1 Å². The van der Waals surface area contributed by atoms with Crippen LogP contribution in [0.3, 0.4) is 0 Å². The molecule has 2 aromatic heterocycles. The third-order valence-electron chi connectivity index (χ3n) is 5.43. The fourth-order valence-corrected chi connectivity index (χ4v) is 4.45. The maximum atomic E-state index is 4.70. The van der Waals surface area contributed by atoms with Gasteiger partial charge in [0.15, 0.2) is 0 Å². The highest BCUT2D eigenvalue weighted by Crippen LogP contribution is 2.31. The first-order valence-electron chi connectivity index (χ1n) is 8.92. The molecule has 3 heterocycles. The van der Waals surface area contributed by atoms with Crippen LogP contribution in [0.4, 0.5) is 0 Å². The molecule has 124 valence electrons. The third kappa shape index (κ3) is 3.50. The number of thiazole rings is 1. The molecule has 2 aromatic rings. The monoisotopic (exact) mass is 330 g/mol. The summed E-state index contributed by atoms with van der Waals surface area (Å²) in [5, 5.41) is 3.38. The van der Waals surface area contributed by atoms with Crippen molar-refractivity contribution in [3.05, 3.63) is 34.3 Å². The molecule has 23 heavy (non-hydrogen) atoms. The van der Waals surface area contributed by atoms with Crippen LogP contribution in [0.25, 0.3) is 0 Å². The molecule has 1 aliphatic heterocycles. The Morgan fingerprint density at radius 1 is 1.22 bits per heavy atom. The van der Waals surface area contributed by atoms with Crippen molar-refractivity contribution in [1.82, 2.24) is 19.4 Å². The molecule has 2 aliphatic rings. The largest absolute Gasteiger partial charge is 0.334 e. The molecule has 0 atom stereocenters. The van der Waals surface area contributed by atoms with Gasteiger partial charge in [-0.2, -0.15) is 0 Å². The maximum absolute atomic E-state index is 4.70. The van der Waals surface area contributed by atoms with Crippen molar-refractivity contribution in [3.63, 3.8) is 0 Å². The van der Waals surface area contributed by atoms with Gasteiger partial charge in [-0.1, -0.05) is 6.42 Å². The highest BCUT2D eigenvalue weighted by molar-refractivity contribution is 7.09. The number of piperidine rings is 1. The molecule has 1 saturated heterocycles. The molecule has 0 bridgehead atoms. The van der Waals surface area contributed by atoms with Gasteiger partial charge in [-0.15, -0.1) is 11.3 Å². The molecular weight excluding hydrogens is 304 g/mol. The number of likely N-dealkylation sites (tertiary alicyclic amines) is 1. The first-order valence-corrected chi connectivity index (χ1v) is 9.80. The molecule has 0 amide bonds. The van der Waals surface area contributed by atoms with Gasteiger partial charge in [0, 0.05) is 36.8 Å². The second-order valence-corrected chi connectivity index (χ2v) is 8.21. The van der Waals surface area contributed by atoms with E-state index in [2.05, 4.69) is 33.0 Å². The predicted octanol–water partition coefficient (Wildman–Crippen LogP) is 3.83. The molecule has 4 nitrogen and oxygen atoms in total. The van der Waals surface area contributed by atoms with E-state index in [-0.39, 0.29) is 0 Å². The number of aryl methyl sites for hydroxylation is 1. The Morgan fingerprint density at radius 2 is 2.04 bits per heavy atom. The van der Waals surface area contributed by atoms with Gasteiger partial charge in [0.05, 0.1) is 10.7 Å². The van der Waals surface area contributed by atoms with E-state index in [0.29, 0.717) is 5.92 Å². The predicted molar refractivity (Wildman–Crippen MR) is 93.7 cm³/mol. The van der Waals surface area contributed by atoms with Crippen molar-refractivity contribution in [2.45, 2.75) is 58.0 Å². The smallest absolute Gasteiger partial charge is 0.111 e. The Bertz CT molecular complexity index is 635. The Labute approximate surface area is 142 Å². The summed E-state index contributed by atoms with van der Waals surface area (Å²) in [5.41, 5.74) is 1.23. The van der Waals surface area contributed by atoms with Crippen LogP contribution in [-0.4, -0.2) is 32.5 Å². The van der Waals surface area contributed by atoms with Gasteiger partial charge in [-0.25, -0.2) is 9.97 Å². The SMILES string of the molecule is Cc1nc(CN2CCC(c3nccn3CC3CCC3)CC2)cs1. The molecule has 0 spiro atoms. The van der Waals surface area contributed by atoms with Gasteiger partial charge < -0.3 is 4.57 Å². The van der Waals surface area contributed by atoms with E-state index in [9.17, 15) is 0 Å². The van der Waals surface area contributed by atoms with Crippen LogP contribution in [0.2, 0.25) is 0 Å². The Balaban J connectivity index is 1.33. The molecule has 0 radical (unpaired) electrons. The summed E-state index contributed by atoms with van der Waals surface area (Å²) in [7, 11) is 0. The molecule has 2 fully saturated rings. The van der Waals surface area contributed by atoms with Crippen LogP contribution in [0.15, 0.2) is 17.8 Å². The highest BCUT2D eigenvalue weighted by Gasteiger charge is 2.26. The zero-order valence-corrected chi connectivity index (χ0v) is 14.8. The summed E-state index contributed by atoms with van der Waals surface area (Å²) in [6.07, 6.45) is 10.9. The van der Waals surface area contributed by atoms with Gasteiger partial charge in [0.25, 0.3) is 0 Å². The molecule has 4 rings (SSSR count). The topological polar surface area (TPSA) is 34.0 Å². The molecule has 0 N–H and O–H groups in total. The van der Waals surface area contributed by atoms with E-state index in [1.54, 1.807) is 11.3 Å². The van der Waals surface area contributed by atoms with Crippen molar-refractivity contribution >= 4 is 11.3 Å².